The maximum Gasteiger partial charge on any atom is 0.257 e. The standard InChI is InChI=1S/C32H41N3O4/c1-2-20-34-21-12-4-3-5-13-22-35(31(36)23-26-24-14-6-10-18-29(24)39-33-26)27-16-8-11-19-30(27)38-28-17-9-7-15-25(28)32(34)37/h6-7,9-10,14-15,17-18,27,30H,2-5,8,11-13,16,19-23H2,1H3/t27-,30+/m1/s1. The Labute approximate surface area is 231 Å². The maximum absolute atomic E-state index is 13.9. The molecule has 0 radical (unpaired) electrons. The van der Waals surface area contributed by atoms with Crippen LogP contribution >= 0.6 is 0 Å². The molecule has 1 saturated carbocycles. The third-order valence-corrected chi connectivity index (χ3v) is 8.16. The van der Waals surface area contributed by atoms with Gasteiger partial charge >= 0.3 is 0 Å². The maximum atomic E-state index is 13.9. The minimum Gasteiger partial charge on any atom is -0.487 e. The van der Waals surface area contributed by atoms with E-state index in [0.29, 0.717) is 29.1 Å². The summed E-state index contributed by atoms with van der Waals surface area (Å²) < 4.78 is 12.2. The first kappa shape index (κ1) is 27.2. The molecular formula is C32H41N3O4. The van der Waals surface area contributed by atoms with Crippen LogP contribution in [0.5, 0.6) is 5.75 Å². The number of amides is 2. The van der Waals surface area contributed by atoms with Crippen molar-refractivity contribution in [2.24, 2.45) is 0 Å². The highest BCUT2D eigenvalue weighted by molar-refractivity contribution is 5.97. The van der Waals surface area contributed by atoms with Crippen LogP contribution in [0.15, 0.2) is 53.1 Å². The number of para-hydroxylation sites is 2. The monoisotopic (exact) mass is 531 g/mol. The SMILES string of the molecule is CCCN1CCCCCCCN(C(=O)Cc2noc3ccccc23)[C@@H]2CCCC[C@@H]2Oc2ccccc2C1=O. The molecule has 39 heavy (non-hydrogen) atoms. The second-order valence-electron chi connectivity index (χ2n) is 11.0. The van der Waals surface area contributed by atoms with Gasteiger partial charge in [0, 0.05) is 25.0 Å². The lowest BCUT2D eigenvalue weighted by molar-refractivity contribution is -0.136. The molecule has 7 nitrogen and oxygen atoms in total. The molecule has 2 aliphatic rings. The van der Waals surface area contributed by atoms with E-state index in [0.717, 1.165) is 82.7 Å². The van der Waals surface area contributed by atoms with Crippen molar-refractivity contribution in [3.63, 3.8) is 0 Å². The number of carbonyl (C=O) groups excluding carboxylic acids is 2. The lowest BCUT2D eigenvalue weighted by atomic mass is 9.90. The largest absolute Gasteiger partial charge is 0.487 e. The molecule has 3 aromatic rings. The highest BCUT2D eigenvalue weighted by atomic mass is 16.5. The topological polar surface area (TPSA) is 75.9 Å². The van der Waals surface area contributed by atoms with Gasteiger partial charge in [-0.3, -0.25) is 9.59 Å². The minimum absolute atomic E-state index is 0.0375. The normalized spacial score (nSPS) is 21.4. The van der Waals surface area contributed by atoms with E-state index in [1.807, 2.05) is 53.4 Å². The average Bonchev–Trinajstić information content (AvgIpc) is 3.36. The van der Waals surface area contributed by atoms with Gasteiger partial charge < -0.3 is 19.1 Å². The smallest absolute Gasteiger partial charge is 0.257 e. The van der Waals surface area contributed by atoms with Crippen LogP contribution in [-0.2, 0) is 11.2 Å². The zero-order valence-corrected chi connectivity index (χ0v) is 23.1. The van der Waals surface area contributed by atoms with Gasteiger partial charge in [-0.1, -0.05) is 62.0 Å². The van der Waals surface area contributed by atoms with Gasteiger partial charge in [-0.15, -0.1) is 0 Å². The number of hydrogen-bond acceptors (Lipinski definition) is 5. The van der Waals surface area contributed by atoms with Gasteiger partial charge in [0.05, 0.1) is 18.0 Å². The van der Waals surface area contributed by atoms with Crippen molar-refractivity contribution in [3.8, 4) is 5.75 Å². The van der Waals surface area contributed by atoms with E-state index in [2.05, 4.69) is 17.0 Å². The first-order valence-electron chi connectivity index (χ1n) is 14.8. The molecule has 0 spiro atoms. The molecule has 0 bridgehead atoms. The summed E-state index contributed by atoms with van der Waals surface area (Å²) in [5.74, 6) is 0.739. The molecule has 7 heteroatoms. The number of fused-ring (bicyclic) bond motifs is 3. The fourth-order valence-electron chi connectivity index (χ4n) is 6.14. The number of aromatic nitrogens is 1. The summed E-state index contributed by atoms with van der Waals surface area (Å²) in [5.41, 5.74) is 2.01. The van der Waals surface area contributed by atoms with Crippen LogP contribution in [0.1, 0.15) is 87.2 Å². The Morgan fingerprint density at radius 2 is 1.67 bits per heavy atom. The van der Waals surface area contributed by atoms with Crippen molar-refractivity contribution in [2.45, 2.75) is 89.7 Å². The Bertz CT molecular complexity index is 1250. The molecule has 2 atom stereocenters. The lowest BCUT2D eigenvalue weighted by Crippen LogP contribution is -2.51. The van der Waals surface area contributed by atoms with Crippen molar-refractivity contribution >= 4 is 22.8 Å². The van der Waals surface area contributed by atoms with Crippen LogP contribution < -0.4 is 4.74 Å². The summed E-state index contributed by atoms with van der Waals surface area (Å²) in [4.78, 5) is 31.6. The molecule has 5 rings (SSSR count). The summed E-state index contributed by atoms with van der Waals surface area (Å²) in [6, 6.07) is 15.3. The zero-order valence-electron chi connectivity index (χ0n) is 23.1. The highest BCUT2D eigenvalue weighted by Crippen LogP contribution is 2.31. The van der Waals surface area contributed by atoms with E-state index in [1.165, 1.54) is 0 Å². The quantitative estimate of drug-likeness (QED) is 0.389. The number of hydrogen-bond donors (Lipinski definition) is 0. The van der Waals surface area contributed by atoms with Gasteiger partial charge in [0.1, 0.15) is 17.5 Å². The Kier molecular flexibility index (Phi) is 9.17. The zero-order chi connectivity index (χ0) is 27.0. The van der Waals surface area contributed by atoms with Gasteiger partial charge in [0.2, 0.25) is 5.91 Å². The van der Waals surface area contributed by atoms with E-state index in [1.54, 1.807) is 0 Å². The van der Waals surface area contributed by atoms with Crippen LogP contribution in [0.25, 0.3) is 11.0 Å². The van der Waals surface area contributed by atoms with E-state index in [-0.39, 0.29) is 30.4 Å². The first-order chi connectivity index (χ1) is 19.2. The molecule has 2 heterocycles. The average molecular weight is 532 g/mol. The number of carbonyl (C=O) groups is 2. The lowest BCUT2D eigenvalue weighted by Gasteiger charge is -2.40. The van der Waals surface area contributed by atoms with Crippen molar-refractivity contribution < 1.29 is 18.8 Å². The third kappa shape index (κ3) is 6.45. The van der Waals surface area contributed by atoms with Gasteiger partial charge in [-0.25, -0.2) is 0 Å². The fraction of sp³-hybridized carbons (Fsp3) is 0.531. The number of rotatable bonds is 4. The third-order valence-electron chi connectivity index (χ3n) is 8.16. The van der Waals surface area contributed by atoms with Crippen LogP contribution in [0.2, 0.25) is 0 Å². The van der Waals surface area contributed by atoms with E-state index < -0.39 is 0 Å². The van der Waals surface area contributed by atoms with Gasteiger partial charge in [0.25, 0.3) is 5.91 Å². The molecule has 1 aliphatic carbocycles. The fourth-order valence-corrected chi connectivity index (χ4v) is 6.14. The summed E-state index contributed by atoms with van der Waals surface area (Å²) in [7, 11) is 0. The number of benzene rings is 2. The predicted octanol–water partition coefficient (Wildman–Crippen LogP) is 6.41. The van der Waals surface area contributed by atoms with Gasteiger partial charge in [-0.2, -0.15) is 0 Å². The summed E-state index contributed by atoms with van der Waals surface area (Å²) >= 11 is 0. The van der Waals surface area contributed by atoms with Crippen LogP contribution in [0.3, 0.4) is 0 Å². The summed E-state index contributed by atoms with van der Waals surface area (Å²) in [6.45, 7) is 4.34. The summed E-state index contributed by atoms with van der Waals surface area (Å²) in [5, 5.41) is 5.13. The van der Waals surface area contributed by atoms with E-state index in [9.17, 15) is 9.59 Å². The van der Waals surface area contributed by atoms with Crippen molar-refractivity contribution in [1.29, 1.82) is 0 Å². The molecule has 0 unspecified atom stereocenters. The molecular weight excluding hydrogens is 490 g/mol. The molecule has 208 valence electrons. The molecule has 2 aromatic carbocycles. The van der Waals surface area contributed by atoms with Crippen LogP contribution in [-0.4, -0.2) is 58.6 Å². The van der Waals surface area contributed by atoms with Gasteiger partial charge in [0.15, 0.2) is 5.58 Å². The van der Waals surface area contributed by atoms with Crippen LogP contribution in [0.4, 0.5) is 0 Å². The Hall–Kier alpha value is -3.35. The molecule has 0 N–H and O–H groups in total. The van der Waals surface area contributed by atoms with Crippen LogP contribution in [0, 0.1) is 0 Å². The molecule has 2 amide bonds. The molecule has 1 aliphatic heterocycles. The highest BCUT2D eigenvalue weighted by Gasteiger charge is 2.35. The summed E-state index contributed by atoms with van der Waals surface area (Å²) in [6.07, 6.45) is 10.1. The molecule has 1 fully saturated rings. The second kappa shape index (κ2) is 13.1. The Balaban J connectivity index is 1.43. The minimum atomic E-state index is -0.157. The molecule has 1 aromatic heterocycles. The van der Waals surface area contributed by atoms with E-state index >= 15 is 0 Å². The predicted molar refractivity (Wildman–Crippen MR) is 152 cm³/mol. The Morgan fingerprint density at radius 1 is 0.923 bits per heavy atom. The van der Waals surface area contributed by atoms with Crippen molar-refractivity contribution in [1.82, 2.24) is 15.0 Å². The van der Waals surface area contributed by atoms with Crippen molar-refractivity contribution in [3.05, 3.63) is 59.8 Å². The first-order valence-corrected chi connectivity index (χ1v) is 14.8. The second-order valence-corrected chi connectivity index (χ2v) is 11.0. The molecule has 0 saturated heterocycles. The van der Waals surface area contributed by atoms with Gasteiger partial charge in [-0.05, 0) is 62.8 Å². The Morgan fingerprint density at radius 3 is 2.54 bits per heavy atom. The number of ether oxygens (including phenoxy) is 1. The van der Waals surface area contributed by atoms with Crippen molar-refractivity contribution in [2.75, 3.05) is 19.6 Å². The van der Waals surface area contributed by atoms with E-state index in [4.69, 9.17) is 9.26 Å². The number of nitrogens with zero attached hydrogens (tertiary/aromatic N) is 3.